The van der Waals surface area contributed by atoms with Gasteiger partial charge >= 0.3 is 0 Å². The summed E-state index contributed by atoms with van der Waals surface area (Å²) in [5, 5.41) is 8.84. The highest BCUT2D eigenvalue weighted by Crippen LogP contribution is 2.46. The Hall–Kier alpha value is -2.19. The van der Waals surface area contributed by atoms with E-state index < -0.39 is 0 Å². The van der Waals surface area contributed by atoms with Gasteiger partial charge in [0.15, 0.2) is 10.1 Å². The predicted molar refractivity (Wildman–Crippen MR) is 127 cm³/mol. The SMILES string of the molecule is CCC(=O)N(c1nnc(SC(C)C(=O)/C=C2/N(C)c3ccccc3C2(C)C)s1)C1CC1. The number of anilines is 2. The first-order chi connectivity index (χ1) is 14.7. The number of likely N-dealkylation sites (N-methyl/N-ethyl adjacent to an activating group) is 1. The average molecular weight is 457 g/mol. The quantitative estimate of drug-likeness (QED) is 0.339. The number of hydrogen-bond donors (Lipinski definition) is 0. The molecule has 1 aromatic carbocycles. The van der Waals surface area contributed by atoms with E-state index in [9.17, 15) is 9.59 Å². The normalized spacial score (nSPS) is 19.4. The third-order valence-electron chi connectivity index (χ3n) is 5.98. The molecule has 1 fully saturated rings. The zero-order valence-electron chi connectivity index (χ0n) is 18.6. The molecule has 31 heavy (non-hydrogen) atoms. The Morgan fingerprint density at radius 2 is 2.03 bits per heavy atom. The molecule has 0 spiro atoms. The Bertz CT molecular complexity index is 1040. The lowest BCUT2D eigenvalue weighted by molar-refractivity contribution is -0.118. The van der Waals surface area contributed by atoms with Crippen LogP contribution in [0.3, 0.4) is 0 Å². The topological polar surface area (TPSA) is 66.4 Å². The minimum Gasteiger partial charge on any atom is -0.347 e. The molecule has 2 heterocycles. The minimum atomic E-state index is -0.294. The van der Waals surface area contributed by atoms with E-state index in [0.717, 1.165) is 24.2 Å². The highest BCUT2D eigenvalue weighted by molar-refractivity contribution is 8.02. The van der Waals surface area contributed by atoms with Crippen molar-refractivity contribution >= 4 is 45.6 Å². The molecule has 0 radical (unpaired) electrons. The monoisotopic (exact) mass is 456 g/mol. The van der Waals surface area contributed by atoms with Gasteiger partial charge in [-0.15, -0.1) is 10.2 Å². The van der Waals surface area contributed by atoms with Gasteiger partial charge in [-0.05, 0) is 31.4 Å². The molecule has 0 N–H and O–H groups in total. The van der Waals surface area contributed by atoms with Gasteiger partial charge in [0.2, 0.25) is 11.0 Å². The van der Waals surface area contributed by atoms with Crippen molar-refractivity contribution in [3.05, 3.63) is 41.6 Å². The first-order valence-electron chi connectivity index (χ1n) is 10.7. The van der Waals surface area contributed by atoms with Crippen LogP contribution in [-0.2, 0) is 15.0 Å². The molecular weight excluding hydrogens is 428 g/mol. The summed E-state index contributed by atoms with van der Waals surface area (Å²) in [4.78, 5) is 29.3. The number of allylic oxidation sites excluding steroid dienone is 2. The van der Waals surface area contributed by atoms with Crippen LogP contribution in [0.2, 0.25) is 0 Å². The summed E-state index contributed by atoms with van der Waals surface area (Å²) in [6.45, 7) is 8.07. The lowest BCUT2D eigenvalue weighted by Gasteiger charge is -2.24. The first-order valence-corrected chi connectivity index (χ1v) is 12.3. The van der Waals surface area contributed by atoms with E-state index in [4.69, 9.17) is 0 Å². The summed E-state index contributed by atoms with van der Waals surface area (Å²) in [6, 6.07) is 8.53. The van der Waals surface area contributed by atoms with Crippen LogP contribution in [0.25, 0.3) is 0 Å². The number of aromatic nitrogens is 2. The average Bonchev–Trinajstić information content (AvgIpc) is 3.45. The molecule has 4 rings (SSSR count). The van der Waals surface area contributed by atoms with Crippen LogP contribution < -0.4 is 9.80 Å². The van der Waals surface area contributed by atoms with Crippen molar-refractivity contribution in [1.29, 1.82) is 0 Å². The number of thioether (sulfide) groups is 1. The molecule has 1 atom stereocenters. The number of amides is 1. The largest absolute Gasteiger partial charge is 0.347 e. The van der Waals surface area contributed by atoms with Crippen molar-refractivity contribution in [2.75, 3.05) is 16.8 Å². The van der Waals surface area contributed by atoms with Gasteiger partial charge in [0.05, 0.1) is 5.25 Å². The summed E-state index contributed by atoms with van der Waals surface area (Å²) in [5.74, 6) is 0.128. The van der Waals surface area contributed by atoms with Crippen LogP contribution in [0.5, 0.6) is 0 Å². The summed E-state index contributed by atoms with van der Waals surface area (Å²) in [7, 11) is 2.01. The Morgan fingerprint density at radius 1 is 1.32 bits per heavy atom. The molecule has 0 bridgehead atoms. The van der Waals surface area contributed by atoms with Crippen LogP contribution in [0.1, 0.15) is 52.5 Å². The number of nitrogens with zero attached hydrogens (tertiary/aromatic N) is 4. The molecule has 6 nitrogen and oxygen atoms in total. The smallest absolute Gasteiger partial charge is 0.228 e. The Morgan fingerprint density at radius 3 is 2.68 bits per heavy atom. The molecule has 8 heteroatoms. The highest BCUT2D eigenvalue weighted by atomic mass is 32.2. The lowest BCUT2D eigenvalue weighted by atomic mass is 9.83. The number of fused-ring (bicyclic) bond motifs is 1. The second kappa shape index (κ2) is 8.39. The molecular formula is C23H28N4O2S2. The summed E-state index contributed by atoms with van der Waals surface area (Å²) >= 11 is 2.80. The van der Waals surface area contributed by atoms with Crippen molar-refractivity contribution in [1.82, 2.24) is 10.2 Å². The highest BCUT2D eigenvalue weighted by Gasteiger charge is 2.39. The van der Waals surface area contributed by atoms with Crippen molar-refractivity contribution in [3.8, 4) is 0 Å². The maximum atomic E-state index is 13.1. The van der Waals surface area contributed by atoms with Crippen molar-refractivity contribution in [2.45, 2.75) is 68.0 Å². The van der Waals surface area contributed by atoms with Crippen LogP contribution in [0.4, 0.5) is 10.8 Å². The summed E-state index contributed by atoms with van der Waals surface area (Å²) in [5.41, 5.74) is 3.14. The van der Waals surface area contributed by atoms with E-state index >= 15 is 0 Å². The molecule has 1 saturated carbocycles. The van der Waals surface area contributed by atoms with Crippen molar-refractivity contribution < 1.29 is 9.59 Å². The number of ketones is 1. The number of benzene rings is 1. The van der Waals surface area contributed by atoms with Gasteiger partial charge in [-0.2, -0.15) is 0 Å². The minimum absolute atomic E-state index is 0.0492. The maximum Gasteiger partial charge on any atom is 0.228 e. The Balaban J connectivity index is 1.49. The zero-order valence-corrected chi connectivity index (χ0v) is 20.2. The molecule has 1 amide bonds. The number of para-hydroxylation sites is 1. The zero-order chi connectivity index (χ0) is 22.3. The molecule has 164 valence electrons. The maximum absolute atomic E-state index is 13.1. The number of carbonyl (C=O) groups is 2. The standard InChI is InChI=1S/C23H28N4O2S2/c1-6-20(29)27(15-11-12-15)21-24-25-22(31-21)30-14(2)18(28)13-19-23(3,4)16-9-7-8-10-17(16)26(19)5/h7-10,13-15H,6,11-12H2,1-5H3/b19-13+. The van der Waals surface area contributed by atoms with E-state index in [2.05, 4.69) is 41.1 Å². The van der Waals surface area contributed by atoms with Crippen LogP contribution >= 0.6 is 23.1 Å². The fourth-order valence-corrected chi connectivity index (χ4v) is 6.13. The molecule has 2 aromatic rings. The van der Waals surface area contributed by atoms with E-state index in [0.29, 0.717) is 15.9 Å². The fourth-order valence-electron chi connectivity index (χ4n) is 4.04. The third kappa shape index (κ3) is 4.15. The van der Waals surface area contributed by atoms with Crippen LogP contribution in [0, 0.1) is 0 Å². The van der Waals surface area contributed by atoms with Gasteiger partial charge in [0.25, 0.3) is 0 Å². The lowest BCUT2D eigenvalue weighted by Crippen LogP contribution is -2.32. The second-order valence-corrected chi connectivity index (χ2v) is 11.1. The van der Waals surface area contributed by atoms with Gasteiger partial charge in [0.1, 0.15) is 0 Å². The predicted octanol–water partition coefficient (Wildman–Crippen LogP) is 4.80. The van der Waals surface area contributed by atoms with Gasteiger partial charge in [0, 0.05) is 42.4 Å². The van der Waals surface area contributed by atoms with Gasteiger partial charge in [-0.1, -0.05) is 62.1 Å². The Labute approximate surface area is 191 Å². The van der Waals surface area contributed by atoms with Gasteiger partial charge < -0.3 is 4.90 Å². The van der Waals surface area contributed by atoms with E-state index in [1.165, 1.54) is 28.7 Å². The molecule has 1 unspecified atom stereocenters. The van der Waals surface area contributed by atoms with Gasteiger partial charge in [-0.25, -0.2) is 0 Å². The second-order valence-electron chi connectivity index (χ2n) is 8.59. The van der Waals surface area contributed by atoms with E-state index in [-0.39, 0.29) is 28.4 Å². The molecule has 1 aliphatic carbocycles. The summed E-state index contributed by atoms with van der Waals surface area (Å²) in [6.07, 6.45) is 4.26. The van der Waals surface area contributed by atoms with Gasteiger partial charge in [-0.3, -0.25) is 14.5 Å². The number of rotatable bonds is 7. The first kappa shape index (κ1) is 22.0. The van der Waals surface area contributed by atoms with Crippen LogP contribution in [0.15, 0.2) is 40.4 Å². The molecule has 2 aliphatic rings. The van der Waals surface area contributed by atoms with Crippen molar-refractivity contribution in [2.24, 2.45) is 0 Å². The fraction of sp³-hybridized carbons (Fsp3) is 0.478. The molecule has 0 saturated heterocycles. The number of hydrogen-bond acceptors (Lipinski definition) is 7. The van der Waals surface area contributed by atoms with Crippen LogP contribution in [-0.4, -0.2) is 40.2 Å². The molecule has 1 aromatic heterocycles. The number of carbonyl (C=O) groups excluding carboxylic acids is 2. The van der Waals surface area contributed by atoms with Crippen molar-refractivity contribution in [3.63, 3.8) is 0 Å². The third-order valence-corrected chi connectivity index (χ3v) is 8.11. The van der Waals surface area contributed by atoms with E-state index in [1.54, 1.807) is 11.0 Å². The summed E-state index contributed by atoms with van der Waals surface area (Å²) < 4.78 is 0.714. The molecule has 1 aliphatic heterocycles. The van der Waals surface area contributed by atoms with E-state index in [1.807, 2.05) is 33.0 Å². The Kier molecular flexibility index (Phi) is 5.96.